The normalized spacial score (nSPS) is 15.0. The first-order valence-corrected chi connectivity index (χ1v) is 14.8. The molecular weight excluding hydrogens is 604 g/mol. The molecule has 0 fully saturated rings. The molecule has 2 unspecified atom stereocenters. The summed E-state index contributed by atoms with van der Waals surface area (Å²) in [5.74, 6) is -4.40. The van der Waals surface area contributed by atoms with Gasteiger partial charge in [0.05, 0.1) is 6.42 Å². The van der Waals surface area contributed by atoms with Crippen molar-refractivity contribution in [1.82, 2.24) is 21.4 Å². The summed E-state index contributed by atoms with van der Waals surface area (Å²) in [6.07, 6.45) is 2.44. The first kappa shape index (κ1) is 34.6. The predicted octanol–water partition coefficient (Wildman–Crippen LogP) is 1.97. The molecule has 240 valence electrons. The summed E-state index contributed by atoms with van der Waals surface area (Å²) in [6, 6.07) is 10.2. The number of rotatable bonds is 18. The van der Waals surface area contributed by atoms with E-state index in [0.29, 0.717) is 12.1 Å². The highest BCUT2D eigenvalue weighted by Crippen LogP contribution is 2.21. The Labute approximate surface area is 265 Å². The number of hydrogen-bond acceptors (Lipinski definition) is 9. The third-order valence-electron chi connectivity index (χ3n) is 6.75. The Hall–Kier alpha value is -4.92. The molecule has 1 aliphatic heterocycles. The fraction of sp³-hybridized carbons (Fsp3) is 0.400. The molecule has 0 saturated heterocycles. The molecule has 3 atom stereocenters. The molecule has 0 saturated carbocycles. The van der Waals surface area contributed by atoms with Crippen molar-refractivity contribution >= 4 is 46.9 Å². The summed E-state index contributed by atoms with van der Waals surface area (Å²) in [4.78, 5) is 63.0. The molecular formula is C30H36N6O8S. The van der Waals surface area contributed by atoms with E-state index in [1.807, 2.05) is 13.0 Å². The standard InChI is InChI=1S/C30H36N6O8S/c1-2-3-7-12-31-27(40)21(15-19-10-11-24(44-17-26(38)39)20(13-19)30(42)43)33-28(41)22(14-18-8-5-4-6-9-18)32-25(37)16-23-29(45)35-36-34-23/h4-6,8-11,13,21-23H,2-3,7,12,14-17H2,1H3,(H,31,40)(H,32,37)(H,33,41)(H,38,39)(H,42,43)(H,34,35,45)/t21-,22?,23?/m0/s1. The summed E-state index contributed by atoms with van der Waals surface area (Å²) < 4.78 is 5.09. The molecule has 1 aliphatic rings. The number of carboxylic acid groups (broad SMARTS) is 2. The van der Waals surface area contributed by atoms with Crippen molar-refractivity contribution in [3.63, 3.8) is 0 Å². The summed E-state index contributed by atoms with van der Waals surface area (Å²) in [6.45, 7) is 1.66. The van der Waals surface area contributed by atoms with Crippen molar-refractivity contribution in [3.8, 4) is 5.75 Å². The second-order valence-corrected chi connectivity index (χ2v) is 10.7. The van der Waals surface area contributed by atoms with Gasteiger partial charge in [0.15, 0.2) is 6.61 Å². The molecule has 15 heteroatoms. The zero-order valence-electron chi connectivity index (χ0n) is 24.7. The molecule has 1 heterocycles. The van der Waals surface area contributed by atoms with E-state index in [1.54, 1.807) is 24.3 Å². The number of carbonyl (C=O) groups excluding carboxylic acids is 3. The molecule has 0 aliphatic carbocycles. The van der Waals surface area contributed by atoms with Crippen LogP contribution in [0.4, 0.5) is 0 Å². The lowest BCUT2D eigenvalue weighted by molar-refractivity contribution is -0.139. The lowest BCUT2D eigenvalue weighted by Gasteiger charge is -2.24. The summed E-state index contributed by atoms with van der Waals surface area (Å²) in [7, 11) is 0. The molecule has 0 bridgehead atoms. The molecule has 0 spiro atoms. The van der Waals surface area contributed by atoms with Crippen LogP contribution < -0.4 is 26.1 Å². The topological polar surface area (TPSA) is 208 Å². The Kier molecular flexibility index (Phi) is 13.4. The maximum Gasteiger partial charge on any atom is 0.341 e. The number of carbonyl (C=O) groups is 5. The smallest absolute Gasteiger partial charge is 0.341 e. The third kappa shape index (κ3) is 11.3. The van der Waals surface area contributed by atoms with Gasteiger partial charge in [0.1, 0.15) is 34.4 Å². The van der Waals surface area contributed by atoms with E-state index in [4.69, 9.17) is 22.1 Å². The highest BCUT2D eigenvalue weighted by molar-refractivity contribution is 7.80. The average molecular weight is 641 g/mol. The SMILES string of the molecule is CCCCCNC(=O)[C@H](Cc1ccc(OCC(=O)O)c(C(=O)O)c1)NC(=O)C(Cc1ccccc1)NC(=O)CC1N=NNC1=S. The van der Waals surface area contributed by atoms with Crippen molar-refractivity contribution in [2.75, 3.05) is 13.2 Å². The Bertz CT molecular complexity index is 1420. The van der Waals surface area contributed by atoms with Gasteiger partial charge in [-0.25, -0.2) is 9.59 Å². The van der Waals surface area contributed by atoms with Crippen molar-refractivity contribution in [2.24, 2.45) is 10.3 Å². The van der Waals surface area contributed by atoms with Gasteiger partial charge in [-0.15, -0.1) is 0 Å². The second kappa shape index (κ2) is 17.4. The molecule has 2 aromatic carbocycles. The van der Waals surface area contributed by atoms with Gasteiger partial charge in [0.25, 0.3) is 0 Å². The van der Waals surface area contributed by atoms with Gasteiger partial charge in [0.2, 0.25) is 17.7 Å². The maximum absolute atomic E-state index is 13.7. The van der Waals surface area contributed by atoms with E-state index in [0.717, 1.165) is 24.8 Å². The Morgan fingerprint density at radius 3 is 2.31 bits per heavy atom. The van der Waals surface area contributed by atoms with Gasteiger partial charge in [-0.05, 0) is 29.7 Å². The number of amides is 3. The first-order valence-electron chi connectivity index (χ1n) is 14.4. The predicted molar refractivity (Wildman–Crippen MR) is 166 cm³/mol. The monoisotopic (exact) mass is 640 g/mol. The van der Waals surface area contributed by atoms with Crippen LogP contribution in [0.1, 0.15) is 54.1 Å². The van der Waals surface area contributed by atoms with Gasteiger partial charge >= 0.3 is 11.9 Å². The fourth-order valence-corrected chi connectivity index (χ4v) is 4.63. The number of thiocarbonyl (C=S) groups is 1. The fourth-order valence-electron chi connectivity index (χ4n) is 4.46. The molecule has 6 N–H and O–H groups in total. The number of aliphatic carboxylic acids is 1. The molecule has 0 aromatic heterocycles. The zero-order chi connectivity index (χ0) is 32.8. The van der Waals surface area contributed by atoms with Crippen LogP contribution in [0.3, 0.4) is 0 Å². The number of unbranched alkanes of at least 4 members (excludes halogenated alkanes) is 2. The quantitative estimate of drug-likeness (QED) is 0.103. The van der Waals surface area contributed by atoms with E-state index < -0.39 is 54.4 Å². The van der Waals surface area contributed by atoms with Crippen LogP contribution in [0.5, 0.6) is 5.75 Å². The number of hydrogen-bond donors (Lipinski definition) is 6. The Morgan fingerprint density at radius 2 is 1.67 bits per heavy atom. The van der Waals surface area contributed by atoms with Gasteiger partial charge in [-0.1, -0.05) is 73.6 Å². The minimum Gasteiger partial charge on any atom is -0.481 e. The third-order valence-corrected chi connectivity index (χ3v) is 7.11. The number of benzene rings is 2. The minimum atomic E-state index is -1.36. The van der Waals surface area contributed by atoms with Crippen LogP contribution in [0.25, 0.3) is 0 Å². The minimum absolute atomic E-state index is 0.0980. The number of nitrogens with zero attached hydrogens (tertiary/aromatic N) is 2. The van der Waals surface area contributed by atoms with Crippen LogP contribution in [-0.4, -0.2) is 76.1 Å². The van der Waals surface area contributed by atoms with E-state index in [1.165, 1.54) is 18.2 Å². The summed E-state index contributed by atoms with van der Waals surface area (Å²) in [5, 5.41) is 34.4. The van der Waals surface area contributed by atoms with E-state index in [9.17, 15) is 29.1 Å². The van der Waals surface area contributed by atoms with Crippen molar-refractivity contribution in [3.05, 3.63) is 65.2 Å². The molecule has 45 heavy (non-hydrogen) atoms. The van der Waals surface area contributed by atoms with E-state index in [-0.39, 0.29) is 35.6 Å². The zero-order valence-corrected chi connectivity index (χ0v) is 25.5. The number of nitrogens with one attached hydrogen (secondary N) is 4. The van der Waals surface area contributed by atoms with Crippen LogP contribution in [0.15, 0.2) is 58.9 Å². The van der Waals surface area contributed by atoms with Crippen molar-refractivity contribution < 1.29 is 38.9 Å². The van der Waals surface area contributed by atoms with Gasteiger partial charge < -0.3 is 30.9 Å². The van der Waals surface area contributed by atoms with Gasteiger partial charge in [-0.3, -0.25) is 19.8 Å². The Morgan fingerprint density at radius 1 is 0.956 bits per heavy atom. The molecule has 0 radical (unpaired) electrons. The van der Waals surface area contributed by atoms with Crippen molar-refractivity contribution in [1.29, 1.82) is 0 Å². The second-order valence-electron chi connectivity index (χ2n) is 10.3. The van der Waals surface area contributed by atoms with Gasteiger partial charge in [-0.2, -0.15) is 5.11 Å². The lowest BCUT2D eigenvalue weighted by Crippen LogP contribution is -2.55. The maximum atomic E-state index is 13.7. The number of aromatic carboxylic acids is 1. The first-order chi connectivity index (χ1) is 21.6. The largest absolute Gasteiger partial charge is 0.481 e. The molecule has 2 aromatic rings. The van der Waals surface area contributed by atoms with E-state index >= 15 is 0 Å². The van der Waals surface area contributed by atoms with Crippen LogP contribution in [-0.2, 0) is 32.0 Å². The average Bonchev–Trinajstić information content (AvgIpc) is 3.41. The van der Waals surface area contributed by atoms with Crippen LogP contribution >= 0.6 is 12.2 Å². The molecule has 3 rings (SSSR count). The van der Waals surface area contributed by atoms with Crippen LogP contribution in [0, 0.1) is 0 Å². The van der Waals surface area contributed by atoms with E-state index in [2.05, 4.69) is 31.7 Å². The molecule has 14 nitrogen and oxygen atoms in total. The highest BCUT2D eigenvalue weighted by Gasteiger charge is 2.30. The van der Waals surface area contributed by atoms with Crippen molar-refractivity contribution in [2.45, 2.75) is 63.6 Å². The number of ether oxygens (including phenoxy) is 1. The summed E-state index contributed by atoms with van der Waals surface area (Å²) in [5.41, 5.74) is 3.36. The molecule has 3 amide bonds. The highest BCUT2D eigenvalue weighted by atomic mass is 32.1. The summed E-state index contributed by atoms with van der Waals surface area (Å²) >= 11 is 5.11. The van der Waals surface area contributed by atoms with Gasteiger partial charge in [0, 0.05) is 19.4 Å². The Balaban J connectivity index is 1.83. The van der Waals surface area contributed by atoms with Crippen LogP contribution in [0.2, 0.25) is 0 Å². The number of carboxylic acids is 2. The lowest BCUT2D eigenvalue weighted by atomic mass is 10.0.